The van der Waals surface area contributed by atoms with E-state index < -0.39 is 0 Å². The summed E-state index contributed by atoms with van der Waals surface area (Å²) in [5.74, 6) is 0.492. The van der Waals surface area contributed by atoms with Crippen LogP contribution in [0.2, 0.25) is 0 Å². The summed E-state index contributed by atoms with van der Waals surface area (Å²) in [6, 6.07) is 7.77. The Morgan fingerprint density at radius 3 is 2.75 bits per heavy atom. The topological polar surface area (TPSA) is 101 Å². The normalized spacial score (nSPS) is 10.8. The Hall–Kier alpha value is -2.50. The summed E-state index contributed by atoms with van der Waals surface area (Å²) in [5.41, 5.74) is 13.2. The van der Waals surface area contributed by atoms with Crippen LogP contribution in [0.1, 0.15) is 19.4 Å². The first kappa shape index (κ1) is 13.9. The predicted molar refractivity (Wildman–Crippen MR) is 81.4 cm³/mol. The van der Waals surface area contributed by atoms with Crippen molar-refractivity contribution in [2.75, 3.05) is 16.4 Å². The smallest absolute Gasteiger partial charge is 0.276 e. The minimum Gasteiger partial charge on any atom is -0.399 e. The van der Waals surface area contributed by atoms with E-state index in [4.69, 9.17) is 11.5 Å². The number of aromatic nitrogens is 2. The van der Waals surface area contributed by atoms with Gasteiger partial charge in [-0.1, -0.05) is 12.1 Å². The molecule has 2 rings (SSSR count). The molecule has 0 aliphatic carbocycles. The van der Waals surface area contributed by atoms with Crippen LogP contribution < -0.4 is 21.9 Å². The molecule has 6 nitrogen and oxygen atoms in total. The summed E-state index contributed by atoms with van der Waals surface area (Å²) in [6.45, 7) is 4.63. The highest BCUT2D eigenvalue weighted by atomic mass is 16.1. The van der Waals surface area contributed by atoms with Gasteiger partial charge >= 0.3 is 0 Å². The number of nitrogens with zero attached hydrogens (tertiary/aromatic N) is 2. The van der Waals surface area contributed by atoms with Gasteiger partial charge in [0.2, 0.25) is 0 Å². The van der Waals surface area contributed by atoms with Crippen LogP contribution in [0.4, 0.5) is 17.2 Å². The molecular formula is C14H19N5O. The molecule has 106 valence electrons. The number of rotatable bonds is 4. The maximum Gasteiger partial charge on any atom is 0.276 e. The van der Waals surface area contributed by atoms with Gasteiger partial charge in [-0.05, 0) is 31.5 Å². The first-order chi connectivity index (χ1) is 9.49. The number of aromatic amines is 1. The highest BCUT2D eigenvalue weighted by Crippen LogP contribution is 2.21. The Morgan fingerprint density at radius 1 is 1.35 bits per heavy atom. The Morgan fingerprint density at radius 2 is 2.10 bits per heavy atom. The molecule has 0 amide bonds. The van der Waals surface area contributed by atoms with Crippen LogP contribution in [-0.4, -0.2) is 16.0 Å². The number of hydrogen-bond acceptors (Lipinski definition) is 5. The fourth-order valence-electron chi connectivity index (χ4n) is 2.02. The lowest BCUT2D eigenvalue weighted by Gasteiger charge is -2.28. The molecule has 0 bridgehead atoms. The van der Waals surface area contributed by atoms with Gasteiger partial charge in [-0.25, -0.2) is 4.98 Å². The molecule has 0 saturated heterocycles. The maximum atomic E-state index is 11.6. The lowest BCUT2D eigenvalue weighted by Crippen LogP contribution is -2.33. The second kappa shape index (κ2) is 5.64. The summed E-state index contributed by atoms with van der Waals surface area (Å²) < 4.78 is 0. The van der Waals surface area contributed by atoms with E-state index in [0.717, 1.165) is 5.56 Å². The molecular weight excluding hydrogens is 254 g/mol. The summed E-state index contributed by atoms with van der Waals surface area (Å²) in [4.78, 5) is 20.2. The van der Waals surface area contributed by atoms with E-state index in [1.54, 1.807) is 0 Å². The molecule has 0 fully saturated rings. The van der Waals surface area contributed by atoms with Crippen LogP contribution in [0, 0.1) is 0 Å². The zero-order valence-corrected chi connectivity index (χ0v) is 11.6. The van der Waals surface area contributed by atoms with Gasteiger partial charge in [-0.15, -0.1) is 0 Å². The SMILES string of the molecule is CC(C)N(Cc1cccc(N)c1)c1nc[nH]c(=O)c1N. The summed E-state index contributed by atoms with van der Waals surface area (Å²) in [6.07, 6.45) is 1.36. The molecule has 0 spiro atoms. The zero-order chi connectivity index (χ0) is 14.7. The molecule has 2 aromatic rings. The summed E-state index contributed by atoms with van der Waals surface area (Å²) >= 11 is 0. The van der Waals surface area contributed by atoms with Crippen molar-refractivity contribution in [1.82, 2.24) is 9.97 Å². The third kappa shape index (κ3) is 2.90. The molecule has 0 atom stereocenters. The second-order valence-electron chi connectivity index (χ2n) is 4.94. The van der Waals surface area contributed by atoms with Crippen LogP contribution >= 0.6 is 0 Å². The molecule has 1 aromatic carbocycles. The van der Waals surface area contributed by atoms with Crippen molar-refractivity contribution >= 4 is 17.2 Å². The minimum atomic E-state index is -0.326. The fourth-order valence-corrected chi connectivity index (χ4v) is 2.02. The summed E-state index contributed by atoms with van der Waals surface area (Å²) in [5, 5.41) is 0. The Labute approximate surface area is 117 Å². The monoisotopic (exact) mass is 273 g/mol. The van der Waals surface area contributed by atoms with Gasteiger partial charge in [0, 0.05) is 18.3 Å². The van der Waals surface area contributed by atoms with Crippen molar-refractivity contribution in [2.45, 2.75) is 26.4 Å². The minimum absolute atomic E-state index is 0.130. The Kier molecular flexibility index (Phi) is 3.93. The van der Waals surface area contributed by atoms with Gasteiger partial charge in [0.15, 0.2) is 5.82 Å². The number of anilines is 3. The first-order valence-electron chi connectivity index (χ1n) is 6.43. The average molecular weight is 273 g/mol. The lowest BCUT2D eigenvalue weighted by atomic mass is 10.1. The van der Waals surface area contributed by atoms with Gasteiger partial charge in [-0.2, -0.15) is 0 Å². The third-order valence-corrected chi connectivity index (χ3v) is 3.07. The van der Waals surface area contributed by atoms with E-state index in [9.17, 15) is 4.79 Å². The number of benzene rings is 1. The molecule has 6 heteroatoms. The highest BCUT2D eigenvalue weighted by molar-refractivity contribution is 5.61. The third-order valence-electron chi connectivity index (χ3n) is 3.07. The van der Waals surface area contributed by atoms with E-state index in [1.165, 1.54) is 6.33 Å². The lowest BCUT2D eigenvalue weighted by molar-refractivity contribution is 0.672. The first-order valence-corrected chi connectivity index (χ1v) is 6.43. The van der Waals surface area contributed by atoms with Crippen LogP contribution in [0.15, 0.2) is 35.4 Å². The van der Waals surface area contributed by atoms with Crippen molar-refractivity contribution < 1.29 is 0 Å². The molecule has 0 radical (unpaired) electrons. The predicted octanol–water partition coefficient (Wildman–Crippen LogP) is 1.35. The highest BCUT2D eigenvalue weighted by Gasteiger charge is 2.17. The molecule has 0 aliphatic heterocycles. The molecule has 5 N–H and O–H groups in total. The number of nitrogens with two attached hydrogens (primary N) is 2. The number of nitrogens with one attached hydrogen (secondary N) is 1. The van der Waals surface area contributed by atoms with Crippen LogP contribution in [0.5, 0.6) is 0 Å². The van der Waals surface area contributed by atoms with Crippen molar-refractivity contribution in [1.29, 1.82) is 0 Å². The van der Waals surface area contributed by atoms with Crippen molar-refractivity contribution in [3.63, 3.8) is 0 Å². The number of H-pyrrole nitrogens is 1. The van der Waals surface area contributed by atoms with Gasteiger partial charge < -0.3 is 21.4 Å². The Balaban J connectivity index is 2.37. The summed E-state index contributed by atoms with van der Waals surface area (Å²) in [7, 11) is 0. The van der Waals surface area contributed by atoms with Crippen molar-refractivity contribution in [2.24, 2.45) is 0 Å². The van der Waals surface area contributed by atoms with Crippen LogP contribution in [-0.2, 0) is 6.54 Å². The fraction of sp³-hybridized carbons (Fsp3) is 0.286. The largest absolute Gasteiger partial charge is 0.399 e. The number of nitrogen functional groups attached to an aromatic ring is 2. The average Bonchev–Trinajstić information content (AvgIpc) is 2.39. The van der Waals surface area contributed by atoms with Crippen molar-refractivity contribution in [3.8, 4) is 0 Å². The molecule has 0 aliphatic rings. The van der Waals surface area contributed by atoms with Crippen LogP contribution in [0.25, 0.3) is 0 Å². The molecule has 20 heavy (non-hydrogen) atoms. The van der Waals surface area contributed by atoms with E-state index in [2.05, 4.69) is 9.97 Å². The molecule has 0 saturated carbocycles. The molecule has 1 aromatic heterocycles. The Bertz CT molecular complexity index is 650. The standard InChI is InChI=1S/C14H19N5O/c1-9(2)19(7-10-4-3-5-11(15)6-10)13-12(16)14(20)18-8-17-13/h3-6,8-9H,7,15-16H2,1-2H3,(H,17,18,20). The van der Waals surface area contributed by atoms with Gasteiger partial charge in [0.05, 0.1) is 6.33 Å². The van der Waals surface area contributed by atoms with Gasteiger partial charge in [0.25, 0.3) is 5.56 Å². The van der Waals surface area contributed by atoms with E-state index in [1.807, 2.05) is 43.0 Å². The van der Waals surface area contributed by atoms with E-state index in [-0.39, 0.29) is 17.3 Å². The molecule has 1 heterocycles. The maximum absolute atomic E-state index is 11.6. The number of hydrogen-bond donors (Lipinski definition) is 3. The second-order valence-corrected chi connectivity index (χ2v) is 4.94. The molecule has 0 unspecified atom stereocenters. The van der Waals surface area contributed by atoms with E-state index >= 15 is 0 Å². The quantitative estimate of drug-likeness (QED) is 0.730. The van der Waals surface area contributed by atoms with E-state index in [0.29, 0.717) is 18.1 Å². The zero-order valence-electron chi connectivity index (χ0n) is 11.6. The van der Waals surface area contributed by atoms with Gasteiger partial charge in [0.1, 0.15) is 5.69 Å². The van der Waals surface area contributed by atoms with Gasteiger partial charge in [-0.3, -0.25) is 4.79 Å². The van der Waals surface area contributed by atoms with Crippen molar-refractivity contribution in [3.05, 3.63) is 46.5 Å². The van der Waals surface area contributed by atoms with Crippen LogP contribution in [0.3, 0.4) is 0 Å².